The van der Waals surface area contributed by atoms with Crippen molar-refractivity contribution in [3.05, 3.63) is 41.5 Å². The Morgan fingerprint density at radius 2 is 2.08 bits per heavy atom. The maximum absolute atomic E-state index is 12.7. The van der Waals surface area contributed by atoms with Gasteiger partial charge in [-0.2, -0.15) is 0 Å². The number of nitrogens with zero attached hydrogens (tertiary/aromatic N) is 3. The highest BCUT2D eigenvalue weighted by molar-refractivity contribution is 7.15. The smallest absolute Gasteiger partial charge is 0.272 e. The first-order valence-corrected chi connectivity index (χ1v) is 8.48. The largest absolute Gasteiger partial charge is 0.496 e. The summed E-state index contributed by atoms with van der Waals surface area (Å²) in [5.74, 6) is -0.134. The van der Waals surface area contributed by atoms with Gasteiger partial charge in [-0.3, -0.25) is 14.0 Å². The summed E-state index contributed by atoms with van der Waals surface area (Å²) in [7, 11) is 3.16. The third kappa shape index (κ3) is 2.96. The van der Waals surface area contributed by atoms with Gasteiger partial charge in [-0.1, -0.05) is 12.1 Å². The third-order valence-corrected chi connectivity index (χ3v) is 4.96. The molecule has 0 bridgehead atoms. The van der Waals surface area contributed by atoms with E-state index in [-0.39, 0.29) is 5.91 Å². The minimum absolute atomic E-state index is 0.290. The number of primary amides is 1. The van der Waals surface area contributed by atoms with E-state index in [1.54, 1.807) is 37.1 Å². The predicted octanol–water partition coefficient (Wildman–Crippen LogP) is 2.02. The third-order valence-electron chi connectivity index (χ3n) is 4.12. The molecule has 130 valence electrons. The molecule has 0 fully saturated rings. The molecule has 0 spiro atoms. The second kappa shape index (κ2) is 6.56. The summed E-state index contributed by atoms with van der Waals surface area (Å²) in [6.45, 7) is 1.60. The molecule has 0 saturated carbocycles. The molecule has 1 aromatic carbocycles. The fraction of sp³-hybridized carbons (Fsp3) is 0.235. The van der Waals surface area contributed by atoms with Crippen LogP contribution in [0.2, 0.25) is 0 Å². The maximum Gasteiger partial charge on any atom is 0.272 e. The topological polar surface area (TPSA) is 89.9 Å². The van der Waals surface area contributed by atoms with E-state index in [1.165, 1.54) is 16.2 Å². The quantitative estimate of drug-likeness (QED) is 0.755. The van der Waals surface area contributed by atoms with Crippen LogP contribution in [0.3, 0.4) is 0 Å². The van der Waals surface area contributed by atoms with Gasteiger partial charge in [-0.25, -0.2) is 4.98 Å². The number of nitrogens with two attached hydrogens (primary N) is 1. The van der Waals surface area contributed by atoms with Gasteiger partial charge in [0.25, 0.3) is 5.91 Å². The van der Waals surface area contributed by atoms with E-state index in [0.29, 0.717) is 22.1 Å². The van der Waals surface area contributed by atoms with E-state index >= 15 is 0 Å². The number of methoxy groups -OCH3 is 1. The van der Waals surface area contributed by atoms with Gasteiger partial charge < -0.3 is 15.4 Å². The van der Waals surface area contributed by atoms with Crippen LogP contribution in [0, 0.1) is 0 Å². The zero-order valence-electron chi connectivity index (χ0n) is 14.1. The highest BCUT2D eigenvalue weighted by Crippen LogP contribution is 2.30. The van der Waals surface area contributed by atoms with Gasteiger partial charge in [0.05, 0.1) is 12.8 Å². The summed E-state index contributed by atoms with van der Waals surface area (Å²) < 4.78 is 7.09. The number of ether oxygens (including phenoxy) is 1. The highest BCUT2D eigenvalue weighted by Gasteiger charge is 2.24. The Labute approximate surface area is 148 Å². The first kappa shape index (κ1) is 17.0. The predicted molar refractivity (Wildman–Crippen MR) is 95.8 cm³/mol. The second-order valence-corrected chi connectivity index (χ2v) is 6.43. The van der Waals surface area contributed by atoms with E-state index in [4.69, 9.17) is 10.5 Å². The average Bonchev–Trinajstić information content (AvgIpc) is 3.20. The van der Waals surface area contributed by atoms with Crippen LogP contribution in [0.15, 0.2) is 35.8 Å². The van der Waals surface area contributed by atoms with Crippen LogP contribution in [-0.2, 0) is 4.79 Å². The molecule has 2 amide bonds. The normalized spacial score (nSPS) is 12.1. The molecule has 2 N–H and O–H groups in total. The average molecular weight is 358 g/mol. The number of amides is 2. The van der Waals surface area contributed by atoms with Crippen LogP contribution < -0.4 is 10.5 Å². The number of para-hydroxylation sites is 1. The maximum atomic E-state index is 12.7. The molecule has 0 unspecified atom stereocenters. The van der Waals surface area contributed by atoms with Crippen molar-refractivity contribution in [1.82, 2.24) is 14.3 Å². The monoisotopic (exact) mass is 358 g/mol. The Kier molecular flexibility index (Phi) is 4.45. The van der Waals surface area contributed by atoms with Crippen molar-refractivity contribution in [3.8, 4) is 17.0 Å². The number of rotatable bonds is 5. The van der Waals surface area contributed by atoms with Crippen molar-refractivity contribution < 1.29 is 14.3 Å². The molecule has 2 aromatic heterocycles. The lowest BCUT2D eigenvalue weighted by Crippen LogP contribution is -2.43. The molecule has 3 aromatic rings. The number of likely N-dealkylation sites (N-methyl/N-ethyl adjacent to an activating group) is 1. The minimum Gasteiger partial charge on any atom is -0.496 e. The number of hydrogen-bond acceptors (Lipinski definition) is 5. The number of imidazole rings is 1. The molecular formula is C17H18N4O3S. The number of thiazole rings is 1. The molecule has 2 heterocycles. The summed E-state index contributed by atoms with van der Waals surface area (Å²) in [6, 6.07) is 6.86. The van der Waals surface area contributed by atoms with Crippen LogP contribution in [0.1, 0.15) is 17.4 Å². The molecule has 0 aliphatic heterocycles. The number of fused-ring (bicyclic) bond motifs is 1. The van der Waals surface area contributed by atoms with Crippen molar-refractivity contribution in [2.24, 2.45) is 5.73 Å². The van der Waals surface area contributed by atoms with Crippen molar-refractivity contribution in [2.45, 2.75) is 13.0 Å². The van der Waals surface area contributed by atoms with Gasteiger partial charge in [0.2, 0.25) is 5.91 Å². The summed E-state index contributed by atoms with van der Waals surface area (Å²) in [6.07, 6.45) is 1.79. The molecule has 7 nitrogen and oxygen atoms in total. The number of carbonyl (C=O) groups excluding carboxylic acids is 2. The summed E-state index contributed by atoms with van der Waals surface area (Å²) in [5.41, 5.74) is 7.28. The van der Waals surface area contributed by atoms with Crippen LogP contribution >= 0.6 is 11.3 Å². The van der Waals surface area contributed by atoms with Gasteiger partial charge in [-0.15, -0.1) is 11.3 Å². The Balaban J connectivity index is 2.01. The Morgan fingerprint density at radius 1 is 1.36 bits per heavy atom. The number of aromatic nitrogens is 2. The van der Waals surface area contributed by atoms with E-state index in [1.807, 2.05) is 24.3 Å². The van der Waals surface area contributed by atoms with Crippen molar-refractivity contribution in [3.63, 3.8) is 0 Å². The SMILES string of the molecule is COc1ccccc1-c1cn2c(C(=O)N(C)[C@@H](C)C(N)=O)csc2n1. The van der Waals surface area contributed by atoms with E-state index in [9.17, 15) is 9.59 Å². The summed E-state index contributed by atoms with van der Waals surface area (Å²) >= 11 is 1.36. The fourth-order valence-electron chi connectivity index (χ4n) is 2.47. The van der Waals surface area contributed by atoms with E-state index in [0.717, 1.165) is 5.56 Å². The van der Waals surface area contributed by atoms with Gasteiger partial charge >= 0.3 is 0 Å². The Hall–Kier alpha value is -2.87. The van der Waals surface area contributed by atoms with Crippen molar-refractivity contribution in [2.75, 3.05) is 14.2 Å². The second-order valence-electron chi connectivity index (χ2n) is 5.59. The molecule has 0 saturated heterocycles. The molecule has 25 heavy (non-hydrogen) atoms. The van der Waals surface area contributed by atoms with Crippen molar-refractivity contribution in [1.29, 1.82) is 0 Å². The fourth-order valence-corrected chi connectivity index (χ4v) is 3.32. The van der Waals surface area contributed by atoms with Gasteiger partial charge in [-0.05, 0) is 19.1 Å². The molecule has 0 aliphatic carbocycles. The Morgan fingerprint density at radius 3 is 2.76 bits per heavy atom. The zero-order valence-corrected chi connectivity index (χ0v) is 14.9. The van der Waals surface area contributed by atoms with Crippen LogP contribution in [-0.4, -0.2) is 46.3 Å². The van der Waals surface area contributed by atoms with E-state index in [2.05, 4.69) is 4.98 Å². The lowest BCUT2D eigenvalue weighted by molar-refractivity contribution is -0.121. The molecular weight excluding hydrogens is 340 g/mol. The lowest BCUT2D eigenvalue weighted by Gasteiger charge is -2.21. The number of carbonyl (C=O) groups is 2. The molecule has 0 aliphatic rings. The first-order valence-electron chi connectivity index (χ1n) is 7.60. The van der Waals surface area contributed by atoms with E-state index < -0.39 is 11.9 Å². The number of hydrogen-bond donors (Lipinski definition) is 1. The van der Waals surface area contributed by atoms with Gasteiger partial charge in [0.1, 0.15) is 17.5 Å². The Bertz CT molecular complexity index is 946. The van der Waals surface area contributed by atoms with Gasteiger partial charge in [0.15, 0.2) is 4.96 Å². The zero-order chi connectivity index (χ0) is 18.1. The number of benzene rings is 1. The highest BCUT2D eigenvalue weighted by atomic mass is 32.1. The molecule has 3 rings (SSSR count). The minimum atomic E-state index is -0.695. The summed E-state index contributed by atoms with van der Waals surface area (Å²) in [5, 5.41) is 1.72. The van der Waals surface area contributed by atoms with Crippen LogP contribution in [0.5, 0.6) is 5.75 Å². The van der Waals surface area contributed by atoms with Crippen LogP contribution in [0.4, 0.5) is 0 Å². The molecule has 1 atom stereocenters. The first-order chi connectivity index (χ1) is 11.9. The molecule has 0 radical (unpaired) electrons. The lowest BCUT2D eigenvalue weighted by atomic mass is 10.1. The van der Waals surface area contributed by atoms with Gasteiger partial charge in [0, 0.05) is 24.2 Å². The van der Waals surface area contributed by atoms with Crippen LogP contribution in [0.25, 0.3) is 16.2 Å². The molecule has 8 heteroatoms. The van der Waals surface area contributed by atoms with Crippen molar-refractivity contribution >= 4 is 28.1 Å². The standard InChI is InChI=1S/C17H18N4O3S/c1-10(15(18)22)20(2)16(23)13-9-25-17-19-12(8-21(13)17)11-6-4-5-7-14(11)24-3/h4-10H,1-3H3,(H2,18,22)/t10-/m0/s1. The summed E-state index contributed by atoms with van der Waals surface area (Å²) in [4.78, 5) is 30.6.